The Bertz CT molecular complexity index is 665. The minimum Gasteiger partial charge on any atom is -0.457 e. The molecular weight excluding hydrogens is 316 g/mol. The summed E-state index contributed by atoms with van der Waals surface area (Å²) in [5.74, 6) is -0.188. The summed E-state index contributed by atoms with van der Waals surface area (Å²) in [5, 5.41) is 13.7. The summed E-state index contributed by atoms with van der Waals surface area (Å²) >= 11 is 0. The van der Waals surface area contributed by atoms with Crippen LogP contribution in [0.5, 0.6) is 0 Å². The Hall–Kier alpha value is -1.43. The normalized spacial score (nSPS) is 25.8. The fourth-order valence-corrected chi connectivity index (χ4v) is 4.71. The summed E-state index contributed by atoms with van der Waals surface area (Å²) in [4.78, 5) is 14.2. The lowest BCUT2D eigenvalue weighted by molar-refractivity contribution is -0.0433. The Morgan fingerprint density at radius 2 is 2.12 bits per heavy atom. The molecule has 4 rings (SSSR count). The summed E-state index contributed by atoms with van der Waals surface area (Å²) in [7, 11) is 0. The number of aliphatic hydroxyl groups excluding tert-OH is 1. The zero-order valence-electron chi connectivity index (χ0n) is 15.0. The molecule has 1 atom stereocenters. The van der Waals surface area contributed by atoms with Gasteiger partial charge in [-0.1, -0.05) is 6.07 Å². The van der Waals surface area contributed by atoms with Crippen LogP contribution in [-0.2, 0) is 17.8 Å². The van der Waals surface area contributed by atoms with Crippen LogP contribution in [-0.4, -0.2) is 54.8 Å². The molecule has 0 amide bonds. The summed E-state index contributed by atoms with van der Waals surface area (Å²) in [6, 6.07) is 4.01. The summed E-state index contributed by atoms with van der Waals surface area (Å²) in [6.45, 7) is 7.49. The molecule has 1 unspecified atom stereocenters. The minimum atomic E-state index is -0.195. The number of β-amino-alcohol motifs (C(OH)–C–C–N with tert-alkyl or cyclic N) is 1. The van der Waals surface area contributed by atoms with E-state index in [0.717, 1.165) is 69.5 Å². The van der Waals surface area contributed by atoms with Crippen molar-refractivity contribution < 1.29 is 14.6 Å². The summed E-state index contributed by atoms with van der Waals surface area (Å²) in [6.07, 6.45) is 4.10. The van der Waals surface area contributed by atoms with Gasteiger partial charge in [-0.05, 0) is 69.4 Å². The van der Waals surface area contributed by atoms with E-state index in [2.05, 4.69) is 23.2 Å². The van der Waals surface area contributed by atoms with E-state index in [9.17, 15) is 9.90 Å². The van der Waals surface area contributed by atoms with E-state index in [0.29, 0.717) is 6.61 Å². The Morgan fingerprint density at radius 1 is 1.32 bits per heavy atom. The van der Waals surface area contributed by atoms with Crippen molar-refractivity contribution in [1.82, 2.24) is 10.2 Å². The van der Waals surface area contributed by atoms with Gasteiger partial charge in [0.2, 0.25) is 0 Å². The van der Waals surface area contributed by atoms with E-state index in [1.807, 2.05) is 6.07 Å². The predicted molar refractivity (Wildman–Crippen MR) is 95.6 cm³/mol. The van der Waals surface area contributed by atoms with Crippen molar-refractivity contribution in [1.29, 1.82) is 0 Å². The molecule has 3 aliphatic rings. The first kappa shape index (κ1) is 17.0. The van der Waals surface area contributed by atoms with Crippen LogP contribution in [0.25, 0.3) is 0 Å². The number of nitrogens with zero attached hydrogens (tertiary/aromatic N) is 1. The van der Waals surface area contributed by atoms with Crippen molar-refractivity contribution in [3.05, 3.63) is 34.4 Å². The van der Waals surface area contributed by atoms with Gasteiger partial charge in [0.1, 0.15) is 6.61 Å². The monoisotopic (exact) mass is 344 g/mol. The van der Waals surface area contributed by atoms with Crippen LogP contribution in [0.15, 0.2) is 12.1 Å². The van der Waals surface area contributed by atoms with Crippen LogP contribution in [0.1, 0.15) is 46.3 Å². The largest absolute Gasteiger partial charge is 0.457 e. The molecule has 136 valence electrons. The third kappa shape index (κ3) is 3.09. The first-order valence-corrected chi connectivity index (χ1v) is 9.49. The van der Waals surface area contributed by atoms with Gasteiger partial charge in [0.25, 0.3) is 0 Å². The maximum atomic E-state index is 11.7. The van der Waals surface area contributed by atoms with Crippen LogP contribution in [0.3, 0.4) is 0 Å². The fraction of sp³-hybridized carbons (Fsp3) is 0.650. The van der Waals surface area contributed by atoms with E-state index in [-0.39, 0.29) is 17.5 Å². The van der Waals surface area contributed by atoms with Gasteiger partial charge < -0.3 is 20.1 Å². The maximum absolute atomic E-state index is 11.7. The highest BCUT2D eigenvalue weighted by atomic mass is 16.5. The van der Waals surface area contributed by atoms with Gasteiger partial charge >= 0.3 is 5.97 Å². The number of ether oxygens (including phenoxy) is 1. The van der Waals surface area contributed by atoms with Crippen molar-refractivity contribution >= 4 is 5.97 Å². The SMILES string of the molecule is Cc1c(CCN2CCC3(CCNCC3O)CC2)ccc2c1COC2=O. The second-order valence-electron chi connectivity index (χ2n) is 7.88. The van der Waals surface area contributed by atoms with E-state index in [1.54, 1.807) is 0 Å². The highest BCUT2D eigenvalue weighted by Gasteiger charge is 2.41. The number of hydrogen-bond acceptors (Lipinski definition) is 5. The number of fused-ring (bicyclic) bond motifs is 1. The lowest BCUT2D eigenvalue weighted by Crippen LogP contribution is -2.54. The van der Waals surface area contributed by atoms with Gasteiger partial charge in [0, 0.05) is 24.1 Å². The second kappa shape index (κ2) is 6.71. The zero-order valence-corrected chi connectivity index (χ0v) is 15.0. The van der Waals surface area contributed by atoms with Crippen LogP contribution in [0, 0.1) is 12.3 Å². The number of benzene rings is 1. The highest BCUT2D eigenvalue weighted by molar-refractivity contribution is 5.93. The second-order valence-corrected chi connectivity index (χ2v) is 7.88. The first-order chi connectivity index (χ1) is 12.1. The lowest BCUT2D eigenvalue weighted by atomic mass is 9.69. The topological polar surface area (TPSA) is 61.8 Å². The number of piperidine rings is 2. The molecule has 5 nitrogen and oxygen atoms in total. The molecule has 1 spiro atoms. The number of carbonyl (C=O) groups is 1. The van der Waals surface area contributed by atoms with Crippen molar-refractivity contribution in [3.63, 3.8) is 0 Å². The number of aliphatic hydroxyl groups is 1. The van der Waals surface area contributed by atoms with E-state index in [1.165, 1.54) is 11.1 Å². The average molecular weight is 344 g/mol. The quantitative estimate of drug-likeness (QED) is 0.817. The molecular formula is C20H28N2O3. The van der Waals surface area contributed by atoms with Gasteiger partial charge in [-0.2, -0.15) is 0 Å². The molecule has 0 aliphatic carbocycles. The van der Waals surface area contributed by atoms with Crippen molar-refractivity contribution in [2.45, 2.75) is 45.3 Å². The van der Waals surface area contributed by atoms with Gasteiger partial charge in [0.05, 0.1) is 11.7 Å². The molecule has 0 radical (unpaired) electrons. The smallest absolute Gasteiger partial charge is 0.338 e. The number of esters is 1. The minimum absolute atomic E-state index is 0.142. The lowest BCUT2D eigenvalue weighted by Gasteiger charge is -2.47. The molecule has 2 saturated heterocycles. The number of likely N-dealkylation sites (tertiary alicyclic amines) is 1. The van der Waals surface area contributed by atoms with E-state index in [4.69, 9.17) is 4.74 Å². The average Bonchev–Trinajstić information content (AvgIpc) is 3.00. The number of cyclic esters (lactones) is 1. The molecule has 0 saturated carbocycles. The Balaban J connectivity index is 1.35. The summed E-state index contributed by atoms with van der Waals surface area (Å²) in [5.41, 5.74) is 4.48. The molecule has 1 aromatic rings. The molecule has 25 heavy (non-hydrogen) atoms. The Kier molecular flexibility index (Phi) is 4.56. The van der Waals surface area contributed by atoms with Crippen molar-refractivity contribution in [2.75, 3.05) is 32.7 Å². The van der Waals surface area contributed by atoms with Crippen LogP contribution in [0.4, 0.5) is 0 Å². The molecule has 3 aliphatic heterocycles. The summed E-state index contributed by atoms with van der Waals surface area (Å²) < 4.78 is 5.15. The van der Waals surface area contributed by atoms with E-state index >= 15 is 0 Å². The zero-order chi connectivity index (χ0) is 17.4. The number of hydrogen-bond donors (Lipinski definition) is 2. The predicted octanol–water partition coefficient (Wildman–Crippen LogP) is 1.64. The Morgan fingerprint density at radius 3 is 2.88 bits per heavy atom. The molecule has 3 heterocycles. The molecule has 5 heteroatoms. The number of carbonyl (C=O) groups excluding carboxylic acids is 1. The highest BCUT2D eigenvalue weighted by Crippen LogP contribution is 2.39. The Labute approximate surface area is 149 Å². The first-order valence-electron chi connectivity index (χ1n) is 9.49. The molecule has 2 N–H and O–H groups in total. The number of nitrogens with one attached hydrogen (secondary N) is 1. The maximum Gasteiger partial charge on any atom is 0.338 e. The van der Waals surface area contributed by atoms with Gasteiger partial charge in [-0.15, -0.1) is 0 Å². The third-order valence-electron chi connectivity index (χ3n) is 6.67. The van der Waals surface area contributed by atoms with Crippen molar-refractivity contribution in [3.8, 4) is 0 Å². The standard InChI is InChI=1S/C20H28N2O3/c1-14-15(2-3-16-17(14)13-25-19(16)24)4-9-22-10-6-20(7-11-22)5-8-21-12-18(20)23/h2-3,18,21,23H,4-13H2,1H3. The van der Waals surface area contributed by atoms with Crippen LogP contribution in [0.2, 0.25) is 0 Å². The molecule has 2 fully saturated rings. The van der Waals surface area contributed by atoms with Crippen LogP contribution < -0.4 is 5.32 Å². The third-order valence-corrected chi connectivity index (χ3v) is 6.67. The molecule has 0 aromatic heterocycles. The van der Waals surface area contributed by atoms with Crippen LogP contribution >= 0.6 is 0 Å². The van der Waals surface area contributed by atoms with E-state index < -0.39 is 0 Å². The van der Waals surface area contributed by atoms with Gasteiger partial charge in [0.15, 0.2) is 0 Å². The van der Waals surface area contributed by atoms with Gasteiger partial charge in [-0.25, -0.2) is 4.79 Å². The van der Waals surface area contributed by atoms with Gasteiger partial charge in [-0.3, -0.25) is 0 Å². The van der Waals surface area contributed by atoms with Crippen molar-refractivity contribution in [2.24, 2.45) is 5.41 Å². The number of rotatable bonds is 3. The fourth-order valence-electron chi connectivity index (χ4n) is 4.71. The molecule has 0 bridgehead atoms. The molecule has 1 aromatic carbocycles.